The lowest BCUT2D eigenvalue weighted by Gasteiger charge is -2.11. The van der Waals surface area contributed by atoms with Crippen LogP contribution in [0.4, 0.5) is 19.0 Å². The fourth-order valence-electron chi connectivity index (χ4n) is 1.66. The van der Waals surface area contributed by atoms with E-state index in [2.05, 4.69) is 4.98 Å². The van der Waals surface area contributed by atoms with Crippen molar-refractivity contribution in [3.8, 4) is 0 Å². The zero-order valence-electron chi connectivity index (χ0n) is 8.34. The van der Waals surface area contributed by atoms with Crippen LogP contribution in [0.25, 0.3) is 0 Å². The molecule has 0 aliphatic carbocycles. The number of carbonyl (C=O) groups is 1. The summed E-state index contributed by atoms with van der Waals surface area (Å²) in [4.78, 5) is 14.6. The highest BCUT2D eigenvalue weighted by Gasteiger charge is 2.39. The number of amides is 1. The Bertz CT molecular complexity index is 387. The molecule has 88 valence electrons. The van der Waals surface area contributed by atoms with Crippen molar-refractivity contribution >= 4 is 11.7 Å². The summed E-state index contributed by atoms with van der Waals surface area (Å²) in [5.41, 5.74) is 0. The average molecular weight is 233 g/mol. The highest BCUT2D eigenvalue weighted by Crippen LogP contribution is 2.20. The van der Waals surface area contributed by atoms with Gasteiger partial charge >= 0.3 is 12.1 Å². The maximum absolute atomic E-state index is 12.0. The maximum Gasteiger partial charge on any atom is 0.471 e. The number of carbonyl (C=O) groups excluding carboxylic acids is 1. The second-order valence-corrected chi connectivity index (χ2v) is 3.64. The predicted molar refractivity (Wildman–Crippen MR) is 49.8 cm³/mol. The molecule has 0 aromatic carbocycles. The molecule has 0 saturated heterocycles. The zero-order chi connectivity index (χ0) is 11.8. The summed E-state index contributed by atoms with van der Waals surface area (Å²) in [6, 6.07) is 0. The number of alkyl halides is 3. The van der Waals surface area contributed by atoms with Gasteiger partial charge in [0.25, 0.3) is 0 Å². The number of nitrogens with one attached hydrogen (secondary N) is 1. The van der Waals surface area contributed by atoms with Gasteiger partial charge in [0.15, 0.2) is 5.82 Å². The molecule has 1 aromatic heterocycles. The largest absolute Gasteiger partial charge is 0.471 e. The SMILES string of the molecule is O=C(Nc1cn2c(n1)CCCC2)C(F)(F)F. The van der Waals surface area contributed by atoms with Crippen LogP contribution >= 0.6 is 0 Å². The molecule has 1 N–H and O–H groups in total. The molecule has 0 bridgehead atoms. The summed E-state index contributed by atoms with van der Waals surface area (Å²) in [6.07, 6.45) is -0.732. The third-order valence-electron chi connectivity index (χ3n) is 2.41. The molecule has 0 radical (unpaired) electrons. The Morgan fingerprint density at radius 1 is 1.44 bits per heavy atom. The van der Waals surface area contributed by atoms with Crippen molar-refractivity contribution in [3.05, 3.63) is 12.0 Å². The number of rotatable bonds is 1. The molecule has 2 rings (SSSR count). The van der Waals surface area contributed by atoms with Gasteiger partial charge in [0.1, 0.15) is 5.82 Å². The smallest absolute Gasteiger partial charge is 0.333 e. The van der Waals surface area contributed by atoms with E-state index in [4.69, 9.17) is 0 Å². The van der Waals surface area contributed by atoms with Crippen LogP contribution in [0.15, 0.2) is 6.20 Å². The Morgan fingerprint density at radius 3 is 2.81 bits per heavy atom. The summed E-state index contributed by atoms with van der Waals surface area (Å²) in [5, 5.41) is 1.74. The maximum atomic E-state index is 12.0. The molecule has 2 heterocycles. The molecule has 0 unspecified atom stereocenters. The van der Waals surface area contributed by atoms with E-state index in [9.17, 15) is 18.0 Å². The van der Waals surface area contributed by atoms with Crippen LogP contribution in [0, 0.1) is 0 Å². The lowest BCUT2D eigenvalue weighted by atomic mass is 10.2. The summed E-state index contributed by atoms with van der Waals surface area (Å²) < 4.78 is 37.7. The third-order valence-corrected chi connectivity index (χ3v) is 2.41. The van der Waals surface area contributed by atoms with E-state index < -0.39 is 12.1 Å². The molecule has 1 aliphatic heterocycles. The Kier molecular flexibility index (Phi) is 2.61. The first kappa shape index (κ1) is 11.0. The minimum absolute atomic E-state index is 0.0285. The van der Waals surface area contributed by atoms with Crippen LogP contribution in [0.3, 0.4) is 0 Å². The highest BCUT2D eigenvalue weighted by molar-refractivity contribution is 5.94. The van der Waals surface area contributed by atoms with E-state index in [1.54, 1.807) is 9.88 Å². The first-order valence-corrected chi connectivity index (χ1v) is 4.91. The Labute approximate surface area is 89.5 Å². The molecular formula is C9H10F3N3O. The fraction of sp³-hybridized carbons (Fsp3) is 0.556. The van der Waals surface area contributed by atoms with Crippen LogP contribution < -0.4 is 5.32 Å². The van der Waals surface area contributed by atoms with Gasteiger partial charge in [0.2, 0.25) is 0 Å². The second kappa shape index (κ2) is 3.80. The summed E-state index contributed by atoms with van der Waals surface area (Å²) in [5.74, 6) is -1.29. The molecule has 0 spiro atoms. The van der Waals surface area contributed by atoms with Crippen molar-refractivity contribution in [2.45, 2.75) is 32.0 Å². The number of anilines is 1. The van der Waals surface area contributed by atoms with Gasteiger partial charge in [0.05, 0.1) is 0 Å². The van der Waals surface area contributed by atoms with Crippen molar-refractivity contribution in [2.75, 3.05) is 5.32 Å². The van der Waals surface area contributed by atoms with Gasteiger partial charge in [-0.05, 0) is 12.8 Å². The van der Waals surface area contributed by atoms with Gasteiger partial charge in [-0.3, -0.25) is 4.79 Å². The predicted octanol–water partition coefficient (Wildman–Crippen LogP) is 1.72. The molecule has 7 heteroatoms. The first-order valence-electron chi connectivity index (χ1n) is 4.91. The van der Waals surface area contributed by atoms with E-state index in [1.807, 2.05) is 0 Å². The van der Waals surface area contributed by atoms with Crippen LogP contribution in [0.5, 0.6) is 0 Å². The van der Waals surface area contributed by atoms with Gasteiger partial charge in [-0.15, -0.1) is 0 Å². The minimum Gasteiger partial charge on any atom is -0.333 e. The Morgan fingerprint density at radius 2 is 2.19 bits per heavy atom. The molecule has 1 amide bonds. The molecule has 16 heavy (non-hydrogen) atoms. The lowest BCUT2D eigenvalue weighted by Crippen LogP contribution is -2.30. The van der Waals surface area contributed by atoms with Gasteiger partial charge in [-0.25, -0.2) is 4.98 Å². The average Bonchev–Trinajstić information content (AvgIpc) is 2.58. The van der Waals surface area contributed by atoms with Gasteiger partial charge in [-0.1, -0.05) is 0 Å². The molecule has 0 saturated carbocycles. The topological polar surface area (TPSA) is 46.9 Å². The number of hydrogen-bond donors (Lipinski definition) is 1. The van der Waals surface area contributed by atoms with Crippen LogP contribution in [0.2, 0.25) is 0 Å². The number of nitrogens with zero attached hydrogens (tertiary/aromatic N) is 2. The molecule has 1 aliphatic rings. The van der Waals surface area contributed by atoms with Crippen molar-refractivity contribution in [1.82, 2.24) is 9.55 Å². The normalized spacial score (nSPS) is 15.7. The van der Waals surface area contributed by atoms with E-state index in [0.717, 1.165) is 31.6 Å². The molecule has 4 nitrogen and oxygen atoms in total. The third kappa shape index (κ3) is 2.17. The summed E-state index contributed by atoms with van der Waals surface area (Å²) in [6.45, 7) is 0.740. The first-order chi connectivity index (χ1) is 7.47. The number of imidazole rings is 1. The van der Waals surface area contributed by atoms with Crippen LogP contribution in [0.1, 0.15) is 18.7 Å². The monoisotopic (exact) mass is 233 g/mol. The number of hydrogen-bond acceptors (Lipinski definition) is 2. The van der Waals surface area contributed by atoms with Gasteiger partial charge in [0, 0.05) is 19.2 Å². The van der Waals surface area contributed by atoms with Gasteiger partial charge < -0.3 is 9.88 Å². The zero-order valence-corrected chi connectivity index (χ0v) is 8.34. The van der Waals surface area contributed by atoms with E-state index in [1.165, 1.54) is 6.20 Å². The Balaban J connectivity index is 2.11. The summed E-state index contributed by atoms with van der Waals surface area (Å²) in [7, 11) is 0. The van der Waals surface area contributed by atoms with Crippen molar-refractivity contribution in [2.24, 2.45) is 0 Å². The van der Waals surface area contributed by atoms with Crippen molar-refractivity contribution in [3.63, 3.8) is 0 Å². The van der Waals surface area contributed by atoms with E-state index >= 15 is 0 Å². The number of aryl methyl sites for hydroxylation is 2. The van der Waals surface area contributed by atoms with E-state index in [0.29, 0.717) is 0 Å². The second-order valence-electron chi connectivity index (χ2n) is 3.64. The van der Waals surface area contributed by atoms with Crippen molar-refractivity contribution in [1.29, 1.82) is 0 Å². The Hall–Kier alpha value is -1.53. The van der Waals surface area contributed by atoms with Crippen LogP contribution in [-0.4, -0.2) is 21.6 Å². The van der Waals surface area contributed by atoms with E-state index in [-0.39, 0.29) is 5.82 Å². The number of halogens is 3. The minimum atomic E-state index is -4.87. The van der Waals surface area contributed by atoms with Crippen LogP contribution in [-0.2, 0) is 17.8 Å². The van der Waals surface area contributed by atoms with Gasteiger partial charge in [-0.2, -0.15) is 13.2 Å². The molecule has 0 fully saturated rings. The quantitative estimate of drug-likeness (QED) is 0.802. The standard InChI is InChI=1S/C9H10F3N3O/c10-9(11,12)8(16)14-6-5-15-4-2-1-3-7(15)13-6/h5H,1-4H2,(H,14,16). The number of fused-ring (bicyclic) bond motifs is 1. The molecule has 1 aromatic rings. The lowest BCUT2D eigenvalue weighted by molar-refractivity contribution is -0.167. The molecule has 0 atom stereocenters. The number of aromatic nitrogens is 2. The summed E-state index contributed by atoms with van der Waals surface area (Å²) >= 11 is 0. The fourth-order valence-corrected chi connectivity index (χ4v) is 1.66. The van der Waals surface area contributed by atoms with Crippen molar-refractivity contribution < 1.29 is 18.0 Å². The molecular weight excluding hydrogens is 223 g/mol. The highest BCUT2D eigenvalue weighted by atomic mass is 19.4.